The molecule has 0 bridgehead atoms. The van der Waals surface area contributed by atoms with Crippen LogP contribution in [0.25, 0.3) is 0 Å². The molecule has 2 N–H and O–H groups in total. The van der Waals surface area contributed by atoms with Crippen molar-refractivity contribution in [2.45, 2.75) is 19.0 Å². The highest BCUT2D eigenvalue weighted by Crippen LogP contribution is 2.25. The van der Waals surface area contributed by atoms with E-state index in [0.29, 0.717) is 0 Å². The third kappa shape index (κ3) is 2.24. The molecule has 0 amide bonds. The molecule has 1 aliphatic heterocycles. The predicted octanol–water partition coefficient (Wildman–Crippen LogP) is -0.0379. The molecule has 98 valence electrons. The summed E-state index contributed by atoms with van der Waals surface area (Å²) >= 11 is 0. The molecule has 1 heterocycles. The van der Waals surface area contributed by atoms with Crippen LogP contribution in [0, 0.1) is 0 Å². The van der Waals surface area contributed by atoms with Crippen molar-refractivity contribution in [1.82, 2.24) is 9.03 Å². The fourth-order valence-electron chi connectivity index (χ4n) is 2.08. The maximum atomic E-state index is 11.8. The summed E-state index contributed by atoms with van der Waals surface area (Å²) in [5.74, 6) is -1.14. The molecule has 0 saturated carbocycles. The van der Waals surface area contributed by atoms with E-state index >= 15 is 0 Å². The second kappa shape index (κ2) is 4.68. The zero-order chi connectivity index (χ0) is 13.3. The van der Waals surface area contributed by atoms with Crippen molar-refractivity contribution in [1.29, 1.82) is 0 Å². The van der Waals surface area contributed by atoms with Gasteiger partial charge in [-0.25, -0.2) is 4.72 Å². The smallest absolute Gasteiger partial charge is 0.322 e. The summed E-state index contributed by atoms with van der Waals surface area (Å²) in [7, 11) is -2.48. The second-order valence-electron chi connectivity index (χ2n) is 4.08. The second-order valence-corrected chi connectivity index (χ2v) is 5.91. The van der Waals surface area contributed by atoms with Crippen molar-refractivity contribution < 1.29 is 18.3 Å². The normalized spacial score (nSPS) is 20.4. The molecule has 1 aliphatic rings. The molecule has 0 aliphatic carbocycles. The van der Waals surface area contributed by atoms with Gasteiger partial charge in [-0.15, -0.1) is 0 Å². The number of hydrogen-bond acceptors (Lipinski definition) is 3. The topological polar surface area (TPSA) is 86.7 Å². The number of fused-ring (bicyclic) bond motifs is 1. The summed E-state index contributed by atoms with van der Waals surface area (Å²) in [6.45, 7) is 0.0797. The Labute approximate surface area is 105 Å². The van der Waals surface area contributed by atoms with E-state index in [1.807, 2.05) is 24.3 Å². The van der Waals surface area contributed by atoms with E-state index in [4.69, 9.17) is 5.11 Å². The number of hydrogen-bond donors (Lipinski definition) is 2. The van der Waals surface area contributed by atoms with Gasteiger partial charge < -0.3 is 5.11 Å². The Balaban J connectivity index is 2.44. The molecule has 1 aromatic rings. The Morgan fingerprint density at radius 2 is 2.00 bits per heavy atom. The minimum atomic E-state index is -3.76. The van der Waals surface area contributed by atoms with Crippen LogP contribution in [0.1, 0.15) is 11.1 Å². The van der Waals surface area contributed by atoms with Crippen LogP contribution in [0.2, 0.25) is 0 Å². The molecule has 1 atom stereocenters. The first-order valence-corrected chi connectivity index (χ1v) is 6.89. The maximum absolute atomic E-state index is 11.8. The summed E-state index contributed by atoms with van der Waals surface area (Å²) < 4.78 is 26.8. The zero-order valence-corrected chi connectivity index (χ0v) is 10.6. The van der Waals surface area contributed by atoms with Crippen LogP contribution >= 0.6 is 0 Å². The van der Waals surface area contributed by atoms with E-state index in [9.17, 15) is 13.2 Å². The van der Waals surface area contributed by atoms with Crippen LogP contribution < -0.4 is 4.72 Å². The van der Waals surface area contributed by atoms with Crippen LogP contribution in [0.3, 0.4) is 0 Å². The summed E-state index contributed by atoms with van der Waals surface area (Å²) in [4.78, 5) is 11.2. The minimum absolute atomic E-state index is 0.0797. The molecule has 0 saturated heterocycles. The SMILES string of the molecule is CNS(=O)(=O)N1Cc2ccccc2C[C@H]1C(=O)O. The molecule has 2 rings (SSSR count). The van der Waals surface area contributed by atoms with E-state index in [-0.39, 0.29) is 13.0 Å². The number of nitrogens with one attached hydrogen (secondary N) is 1. The van der Waals surface area contributed by atoms with Crippen molar-refractivity contribution in [3.63, 3.8) is 0 Å². The maximum Gasteiger partial charge on any atom is 0.322 e. The van der Waals surface area contributed by atoms with E-state index < -0.39 is 22.2 Å². The fraction of sp³-hybridized carbons (Fsp3) is 0.364. The van der Waals surface area contributed by atoms with Crippen LogP contribution in [-0.4, -0.2) is 36.9 Å². The van der Waals surface area contributed by atoms with Gasteiger partial charge in [0.25, 0.3) is 10.2 Å². The first-order chi connectivity index (χ1) is 8.45. The Morgan fingerprint density at radius 3 is 2.56 bits per heavy atom. The van der Waals surface area contributed by atoms with Crippen LogP contribution in [0.5, 0.6) is 0 Å². The molecule has 18 heavy (non-hydrogen) atoms. The standard InChI is InChI=1S/C11H14N2O4S/c1-12-18(16,17)13-7-9-5-3-2-4-8(9)6-10(13)11(14)15/h2-5,10,12H,6-7H2,1H3,(H,14,15)/t10-/m0/s1. The average Bonchev–Trinajstić information content (AvgIpc) is 2.37. The van der Waals surface area contributed by atoms with Crippen LogP contribution in [0.4, 0.5) is 0 Å². The molecule has 6 nitrogen and oxygen atoms in total. The van der Waals surface area contributed by atoms with Gasteiger partial charge in [-0.1, -0.05) is 24.3 Å². The summed E-state index contributed by atoms with van der Waals surface area (Å²) in [5.41, 5.74) is 1.72. The van der Waals surface area contributed by atoms with Gasteiger partial charge in [-0.05, 0) is 11.1 Å². The van der Waals surface area contributed by atoms with Crippen molar-refractivity contribution in [2.24, 2.45) is 0 Å². The number of benzene rings is 1. The van der Waals surface area contributed by atoms with Gasteiger partial charge in [0.2, 0.25) is 0 Å². The van der Waals surface area contributed by atoms with Gasteiger partial charge in [0.05, 0.1) is 0 Å². The lowest BCUT2D eigenvalue weighted by atomic mass is 9.96. The number of carboxylic acid groups (broad SMARTS) is 1. The molecule has 0 radical (unpaired) electrons. The number of nitrogens with zero attached hydrogens (tertiary/aromatic N) is 1. The lowest BCUT2D eigenvalue weighted by Crippen LogP contribution is -2.51. The first-order valence-electron chi connectivity index (χ1n) is 5.45. The van der Waals surface area contributed by atoms with Gasteiger partial charge in [0.15, 0.2) is 0 Å². The highest BCUT2D eigenvalue weighted by atomic mass is 32.2. The van der Waals surface area contributed by atoms with Gasteiger partial charge in [-0.3, -0.25) is 4.79 Å². The highest BCUT2D eigenvalue weighted by Gasteiger charge is 2.38. The number of rotatable bonds is 3. The molecule has 0 spiro atoms. The molecular formula is C11H14N2O4S. The van der Waals surface area contributed by atoms with Gasteiger partial charge in [0.1, 0.15) is 6.04 Å². The summed E-state index contributed by atoms with van der Waals surface area (Å²) in [6.07, 6.45) is 0.187. The van der Waals surface area contributed by atoms with E-state index in [2.05, 4.69) is 4.72 Å². The largest absolute Gasteiger partial charge is 0.480 e. The molecular weight excluding hydrogens is 256 g/mol. The predicted molar refractivity (Wildman–Crippen MR) is 65.1 cm³/mol. The molecule has 1 aromatic carbocycles. The summed E-state index contributed by atoms with van der Waals surface area (Å²) in [6, 6.07) is 6.21. The highest BCUT2D eigenvalue weighted by molar-refractivity contribution is 7.87. The monoisotopic (exact) mass is 270 g/mol. The number of aliphatic carboxylic acids is 1. The summed E-state index contributed by atoms with van der Waals surface area (Å²) in [5, 5.41) is 9.16. The molecule has 0 fully saturated rings. The third-order valence-electron chi connectivity index (χ3n) is 3.06. The Hall–Kier alpha value is -1.44. The fourth-order valence-corrected chi connectivity index (χ4v) is 3.12. The van der Waals surface area contributed by atoms with E-state index in [1.54, 1.807) is 0 Å². The molecule has 0 aromatic heterocycles. The molecule has 7 heteroatoms. The lowest BCUT2D eigenvalue weighted by molar-refractivity contribution is -0.141. The van der Waals surface area contributed by atoms with Crippen molar-refractivity contribution in [3.8, 4) is 0 Å². The average molecular weight is 270 g/mol. The van der Waals surface area contributed by atoms with Gasteiger partial charge >= 0.3 is 5.97 Å². The third-order valence-corrected chi connectivity index (χ3v) is 4.57. The molecule has 0 unspecified atom stereocenters. The Morgan fingerprint density at radius 1 is 1.39 bits per heavy atom. The number of carbonyl (C=O) groups is 1. The van der Waals surface area contributed by atoms with Gasteiger partial charge in [-0.2, -0.15) is 12.7 Å². The number of carboxylic acids is 1. The Kier molecular flexibility index (Phi) is 3.38. The quantitative estimate of drug-likeness (QED) is 0.807. The first kappa shape index (κ1) is 13.0. The van der Waals surface area contributed by atoms with Crippen LogP contribution in [0.15, 0.2) is 24.3 Å². The van der Waals surface area contributed by atoms with E-state index in [0.717, 1.165) is 15.4 Å². The van der Waals surface area contributed by atoms with Crippen molar-refractivity contribution in [2.75, 3.05) is 7.05 Å². The van der Waals surface area contributed by atoms with E-state index in [1.165, 1.54) is 7.05 Å². The van der Waals surface area contributed by atoms with Crippen molar-refractivity contribution in [3.05, 3.63) is 35.4 Å². The zero-order valence-electron chi connectivity index (χ0n) is 9.83. The van der Waals surface area contributed by atoms with Crippen molar-refractivity contribution >= 4 is 16.2 Å². The minimum Gasteiger partial charge on any atom is -0.480 e. The lowest BCUT2D eigenvalue weighted by Gasteiger charge is -2.32. The van der Waals surface area contributed by atoms with Crippen LogP contribution in [-0.2, 0) is 28.0 Å². The van der Waals surface area contributed by atoms with Gasteiger partial charge in [0, 0.05) is 20.0 Å². The Bertz CT molecular complexity index is 570.